The minimum atomic E-state index is -4.48. The molecule has 2 atom stereocenters. The SMILES string of the molecule is O=C(CN1C(=O)c2ccc(C(F)(F)F)cc2[C@@H]2C[C@@H]21)Nc1ncc(F)cn1. The van der Waals surface area contributed by atoms with Crippen LogP contribution in [0.25, 0.3) is 0 Å². The summed E-state index contributed by atoms with van der Waals surface area (Å²) in [5, 5.41) is 2.36. The van der Waals surface area contributed by atoms with E-state index in [4.69, 9.17) is 0 Å². The van der Waals surface area contributed by atoms with Crippen molar-refractivity contribution in [3.63, 3.8) is 0 Å². The van der Waals surface area contributed by atoms with Crippen molar-refractivity contribution < 1.29 is 27.2 Å². The van der Waals surface area contributed by atoms with Gasteiger partial charge in [0, 0.05) is 17.5 Å². The predicted octanol–water partition coefficient (Wildman–Crippen LogP) is 2.58. The number of hydrogen-bond donors (Lipinski definition) is 1. The van der Waals surface area contributed by atoms with Crippen LogP contribution in [0, 0.1) is 5.82 Å². The Bertz CT molecular complexity index is 930. The molecule has 2 heterocycles. The molecule has 4 rings (SSSR count). The number of carbonyl (C=O) groups excluding carboxylic acids is 2. The highest BCUT2D eigenvalue weighted by atomic mass is 19.4. The summed E-state index contributed by atoms with van der Waals surface area (Å²) in [6.45, 7) is -0.290. The van der Waals surface area contributed by atoms with Gasteiger partial charge in [-0.2, -0.15) is 13.2 Å². The van der Waals surface area contributed by atoms with Crippen LogP contribution in [0.3, 0.4) is 0 Å². The Hall–Kier alpha value is -3.04. The van der Waals surface area contributed by atoms with Gasteiger partial charge in [-0.25, -0.2) is 14.4 Å². The topological polar surface area (TPSA) is 75.2 Å². The standard InChI is InChI=1S/C17H12F4N4O2/c18-9-5-22-16(23-6-9)24-14(26)7-25-13-4-12(13)11-3-8(17(19,20)21)1-2-10(11)15(25)27/h1-3,5-6,12-13H,4,7H2,(H,22,23,24,26)/t12-,13-/m0/s1. The Balaban J connectivity index is 1.51. The minimum absolute atomic E-state index is 0.103. The van der Waals surface area contributed by atoms with Gasteiger partial charge >= 0.3 is 6.18 Å². The molecule has 0 unspecified atom stereocenters. The van der Waals surface area contributed by atoms with Gasteiger partial charge in [0.25, 0.3) is 5.91 Å². The van der Waals surface area contributed by atoms with Crippen molar-refractivity contribution in [2.75, 3.05) is 11.9 Å². The molecule has 6 nitrogen and oxygen atoms in total. The number of anilines is 1. The van der Waals surface area contributed by atoms with Gasteiger partial charge in [0.15, 0.2) is 5.82 Å². The fraction of sp³-hybridized carbons (Fsp3) is 0.294. The number of nitrogens with zero attached hydrogens (tertiary/aromatic N) is 3. The van der Waals surface area contributed by atoms with E-state index >= 15 is 0 Å². The van der Waals surface area contributed by atoms with Crippen LogP contribution < -0.4 is 5.32 Å². The van der Waals surface area contributed by atoms with Crippen molar-refractivity contribution in [1.29, 1.82) is 0 Å². The predicted molar refractivity (Wildman–Crippen MR) is 84.2 cm³/mol. The number of alkyl halides is 3. The first-order valence-corrected chi connectivity index (χ1v) is 8.03. The van der Waals surface area contributed by atoms with Crippen LogP contribution in [0.15, 0.2) is 30.6 Å². The van der Waals surface area contributed by atoms with E-state index in [0.717, 1.165) is 30.6 Å². The number of halogens is 4. The number of carbonyl (C=O) groups is 2. The van der Waals surface area contributed by atoms with E-state index in [9.17, 15) is 27.2 Å². The molecule has 1 saturated carbocycles. The first-order valence-electron chi connectivity index (χ1n) is 8.03. The molecule has 1 aliphatic carbocycles. The van der Waals surface area contributed by atoms with Crippen LogP contribution in [-0.2, 0) is 11.0 Å². The van der Waals surface area contributed by atoms with Crippen molar-refractivity contribution in [2.45, 2.75) is 24.6 Å². The molecule has 140 valence electrons. The summed E-state index contributed by atoms with van der Waals surface area (Å²) in [6.07, 6.45) is -2.20. The van der Waals surface area contributed by atoms with Crippen molar-refractivity contribution in [1.82, 2.24) is 14.9 Å². The molecular formula is C17H12F4N4O2. The van der Waals surface area contributed by atoms with Crippen molar-refractivity contribution >= 4 is 17.8 Å². The zero-order valence-corrected chi connectivity index (χ0v) is 13.6. The van der Waals surface area contributed by atoms with Crippen LogP contribution in [0.4, 0.5) is 23.5 Å². The maximum absolute atomic E-state index is 12.9. The van der Waals surface area contributed by atoms with E-state index < -0.39 is 29.4 Å². The average Bonchev–Trinajstić information content (AvgIpc) is 3.40. The maximum atomic E-state index is 12.9. The maximum Gasteiger partial charge on any atom is 0.416 e. The highest BCUT2D eigenvalue weighted by molar-refractivity contribution is 6.01. The second kappa shape index (κ2) is 6.00. The summed E-state index contributed by atoms with van der Waals surface area (Å²) in [6, 6.07) is 2.72. The number of amides is 2. The van der Waals surface area contributed by atoms with Gasteiger partial charge in [0.05, 0.1) is 18.0 Å². The van der Waals surface area contributed by atoms with Crippen molar-refractivity contribution in [2.24, 2.45) is 0 Å². The summed E-state index contributed by atoms with van der Waals surface area (Å²) < 4.78 is 51.5. The summed E-state index contributed by atoms with van der Waals surface area (Å²) >= 11 is 0. The fourth-order valence-electron chi connectivity index (χ4n) is 3.29. The molecule has 1 N–H and O–H groups in total. The first kappa shape index (κ1) is 17.4. The molecule has 0 spiro atoms. The molecular weight excluding hydrogens is 368 g/mol. The van der Waals surface area contributed by atoms with E-state index in [0.29, 0.717) is 12.0 Å². The second-order valence-electron chi connectivity index (χ2n) is 6.42. The van der Waals surface area contributed by atoms with Crippen LogP contribution in [0.1, 0.15) is 33.8 Å². The van der Waals surface area contributed by atoms with E-state index in [2.05, 4.69) is 15.3 Å². The largest absolute Gasteiger partial charge is 0.416 e. The Morgan fingerprint density at radius 3 is 2.63 bits per heavy atom. The lowest BCUT2D eigenvalue weighted by atomic mass is 9.95. The number of rotatable bonds is 3. The zero-order chi connectivity index (χ0) is 19.3. The first-order chi connectivity index (χ1) is 12.7. The molecule has 2 amide bonds. The number of nitrogens with one attached hydrogen (secondary N) is 1. The summed E-state index contributed by atoms with van der Waals surface area (Å²) in [4.78, 5) is 33.3. The molecule has 2 aromatic rings. The van der Waals surface area contributed by atoms with E-state index in [1.54, 1.807) is 0 Å². The third kappa shape index (κ3) is 3.22. The number of fused-ring (bicyclic) bond motifs is 3. The van der Waals surface area contributed by atoms with Gasteiger partial charge in [0.1, 0.15) is 6.54 Å². The van der Waals surface area contributed by atoms with Crippen LogP contribution in [0.5, 0.6) is 0 Å². The highest BCUT2D eigenvalue weighted by Crippen LogP contribution is 2.50. The Morgan fingerprint density at radius 1 is 1.26 bits per heavy atom. The third-order valence-corrected chi connectivity index (χ3v) is 4.61. The lowest BCUT2D eigenvalue weighted by molar-refractivity contribution is -0.137. The molecule has 1 aromatic carbocycles. The second-order valence-corrected chi connectivity index (χ2v) is 6.42. The highest BCUT2D eigenvalue weighted by Gasteiger charge is 2.51. The summed E-state index contributed by atoms with van der Waals surface area (Å²) in [5.74, 6) is -2.04. The monoisotopic (exact) mass is 380 g/mol. The molecule has 0 bridgehead atoms. The van der Waals surface area contributed by atoms with Crippen LogP contribution >= 0.6 is 0 Å². The molecule has 1 aliphatic heterocycles. The van der Waals surface area contributed by atoms with Gasteiger partial charge in [-0.1, -0.05) is 0 Å². The quantitative estimate of drug-likeness (QED) is 0.831. The lowest BCUT2D eigenvalue weighted by Crippen LogP contribution is -2.42. The molecule has 2 aliphatic rings. The van der Waals surface area contributed by atoms with E-state index in [1.165, 1.54) is 4.90 Å². The van der Waals surface area contributed by atoms with E-state index in [1.807, 2.05) is 0 Å². The molecule has 10 heteroatoms. The van der Waals surface area contributed by atoms with Gasteiger partial charge in [0.2, 0.25) is 11.9 Å². The molecule has 0 radical (unpaired) electrons. The Morgan fingerprint density at radius 2 is 1.96 bits per heavy atom. The Kier molecular flexibility index (Phi) is 3.86. The van der Waals surface area contributed by atoms with E-state index in [-0.39, 0.29) is 30.0 Å². The third-order valence-electron chi connectivity index (χ3n) is 4.61. The zero-order valence-electron chi connectivity index (χ0n) is 13.6. The average molecular weight is 380 g/mol. The normalized spacial score (nSPS) is 20.7. The fourth-order valence-corrected chi connectivity index (χ4v) is 3.29. The Labute approximate surface area is 150 Å². The lowest BCUT2D eigenvalue weighted by Gasteiger charge is -2.28. The molecule has 0 saturated heterocycles. The molecule has 1 aromatic heterocycles. The van der Waals surface area contributed by atoms with Crippen LogP contribution in [-0.4, -0.2) is 39.3 Å². The van der Waals surface area contributed by atoms with Gasteiger partial charge in [-0.3, -0.25) is 14.9 Å². The van der Waals surface area contributed by atoms with Gasteiger partial charge < -0.3 is 4.90 Å². The van der Waals surface area contributed by atoms with Gasteiger partial charge in [-0.05, 0) is 30.2 Å². The molecule has 1 fully saturated rings. The van der Waals surface area contributed by atoms with Crippen LogP contribution in [0.2, 0.25) is 0 Å². The van der Waals surface area contributed by atoms with Gasteiger partial charge in [-0.15, -0.1) is 0 Å². The number of benzene rings is 1. The van der Waals surface area contributed by atoms with Crippen molar-refractivity contribution in [3.05, 3.63) is 53.1 Å². The smallest absolute Gasteiger partial charge is 0.326 e. The summed E-state index contributed by atoms with van der Waals surface area (Å²) in [5.41, 5.74) is -0.245. The summed E-state index contributed by atoms with van der Waals surface area (Å²) in [7, 11) is 0. The molecule has 27 heavy (non-hydrogen) atoms. The van der Waals surface area contributed by atoms with Crippen molar-refractivity contribution in [3.8, 4) is 0 Å². The number of hydrogen-bond acceptors (Lipinski definition) is 4. The number of aromatic nitrogens is 2. The minimum Gasteiger partial charge on any atom is -0.326 e.